The average molecular weight is 824 g/mol. The number of hydrazone groups is 1. The molecule has 1 amide bonds. The van der Waals surface area contributed by atoms with E-state index >= 15 is 0 Å². The number of rotatable bonds is 8. The monoisotopic (exact) mass is 823 g/mol. The van der Waals surface area contributed by atoms with Gasteiger partial charge in [0, 0.05) is 43.9 Å². The third-order valence-electron chi connectivity index (χ3n) is 10.8. The van der Waals surface area contributed by atoms with E-state index in [4.69, 9.17) is 9.40 Å². The Bertz CT molecular complexity index is 3630. The fourth-order valence-corrected chi connectivity index (χ4v) is 7.80. The van der Waals surface area contributed by atoms with Crippen molar-refractivity contribution in [2.75, 3.05) is 10.7 Å². The van der Waals surface area contributed by atoms with Crippen LogP contribution in [0.2, 0.25) is 0 Å². The third kappa shape index (κ3) is 6.42. The predicted octanol–water partition coefficient (Wildman–Crippen LogP) is 9.85. The number of Topliss-reactive ketones (excluding diaryl/α,β-unsaturated/α-hetero) is 1. The Morgan fingerprint density at radius 1 is 0.683 bits per heavy atom. The highest BCUT2D eigenvalue weighted by molar-refractivity contribution is 6.59. The van der Waals surface area contributed by atoms with Gasteiger partial charge in [0.05, 0.1) is 28.0 Å². The van der Waals surface area contributed by atoms with E-state index in [2.05, 4.69) is 36.3 Å². The molecule has 0 atom stereocenters. The van der Waals surface area contributed by atoms with Crippen LogP contribution in [-0.4, -0.2) is 42.1 Å². The fraction of sp³-hybridized carbons (Fsp3) is 0. The maximum Gasteiger partial charge on any atom is 0.264 e. The quantitative estimate of drug-likeness (QED) is 0.0761. The number of pyridine rings is 1. The number of benzene rings is 7. The number of imidazole rings is 1. The molecule has 0 saturated carbocycles. The van der Waals surface area contributed by atoms with E-state index in [-0.39, 0.29) is 40.1 Å². The summed E-state index contributed by atoms with van der Waals surface area (Å²) in [6, 6.07) is 44.6. The first-order valence-electron chi connectivity index (χ1n) is 19.7. The number of aromatic nitrogens is 4. The zero-order valence-corrected chi connectivity index (χ0v) is 32.7. The molecule has 0 radical (unpaired) electrons. The number of ketones is 1. The van der Waals surface area contributed by atoms with Crippen LogP contribution in [0.4, 0.5) is 22.7 Å². The summed E-state index contributed by atoms with van der Waals surface area (Å²) in [5.74, 6) is -0.554. The second-order valence-corrected chi connectivity index (χ2v) is 14.7. The van der Waals surface area contributed by atoms with E-state index < -0.39 is 11.7 Å². The molecule has 1 aliphatic rings. The van der Waals surface area contributed by atoms with E-state index in [1.165, 1.54) is 0 Å². The summed E-state index contributed by atoms with van der Waals surface area (Å²) in [6.07, 6.45) is 1.58. The van der Waals surface area contributed by atoms with Gasteiger partial charge in [-0.1, -0.05) is 66.7 Å². The minimum atomic E-state index is -0.525. The molecule has 0 spiro atoms. The fourth-order valence-electron chi connectivity index (χ4n) is 7.80. The molecule has 0 aliphatic heterocycles. The minimum Gasteiger partial charge on any atom is -0.506 e. The number of carbonyl (C=O) groups excluding carboxylic acids is 2. The highest BCUT2D eigenvalue weighted by atomic mass is 16.4. The lowest BCUT2D eigenvalue weighted by atomic mass is 9.89. The molecule has 10 aromatic rings. The van der Waals surface area contributed by atoms with Crippen LogP contribution < -0.4 is 16.3 Å². The van der Waals surface area contributed by atoms with Gasteiger partial charge in [0.15, 0.2) is 0 Å². The SMILES string of the molecule is O=C(Nc1ccccc1)C1=Cc2ccccc2/C(=N\Nc2ccc(-c3nnc(-c4ccc(N=Nc5c(O)cc6c7c5cccc7c(=O)n5c7ccccc7nc65)cc4)o3)cc2)C1=O. The highest BCUT2D eigenvalue weighted by Gasteiger charge is 2.30. The smallest absolute Gasteiger partial charge is 0.264 e. The summed E-state index contributed by atoms with van der Waals surface area (Å²) >= 11 is 0. The molecule has 300 valence electrons. The Hall–Kier alpha value is -9.17. The van der Waals surface area contributed by atoms with E-state index in [9.17, 15) is 19.5 Å². The van der Waals surface area contributed by atoms with Gasteiger partial charge in [-0.25, -0.2) is 4.98 Å². The number of azo groups is 1. The van der Waals surface area contributed by atoms with Gasteiger partial charge in [-0.2, -0.15) is 10.2 Å². The topological polar surface area (TPSA) is 189 Å². The summed E-state index contributed by atoms with van der Waals surface area (Å²) < 4.78 is 7.61. The van der Waals surface area contributed by atoms with Crippen molar-refractivity contribution in [3.05, 3.63) is 179 Å². The molecule has 0 unspecified atom stereocenters. The second-order valence-electron chi connectivity index (χ2n) is 14.7. The van der Waals surface area contributed by atoms with Crippen molar-refractivity contribution < 1.29 is 19.1 Å². The van der Waals surface area contributed by atoms with Crippen molar-refractivity contribution in [1.82, 2.24) is 19.6 Å². The van der Waals surface area contributed by atoms with Gasteiger partial charge in [0.1, 0.15) is 22.8 Å². The van der Waals surface area contributed by atoms with E-state index in [0.29, 0.717) is 77.5 Å². The van der Waals surface area contributed by atoms with Gasteiger partial charge in [-0.3, -0.25) is 24.2 Å². The van der Waals surface area contributed by atoms with Crippen LogP contribution in [0.3, 0.4) is 0 Å². The molecule has 7 aromatic carbocycles. The Balaban J connectivity index is 0.802. The van der Waals surface area contributed by atoms with E-state index in [0.717, 1.165) is 0 Å². The van der Waals surface area contributed by atoms with Gasteiger partial charge >= 0.3 is 0 Å². The van der Waals surface area contributed by atoms with Crippen molar-refractivity contribution in [3.8, 4) is 28.7 Å². The first-order valence-corrected chi connectivity index (χ1v) is 19.7. The number of aromatic hydroxyl groups is 1. The van der Waals surface area contributed by atoms with Crippen molar-refractivity contribution in [3.63, 3.8) is 0 Å². The number of para-hydroxylation sites is 3. The molecule has 3 aromatic heterocycles. The second kappa shape index (κ2) is 14.8. The van der Waals surface area contributed by atoms with Crippen LogP contribution >= 0.6 is 0 Å². The molecule has 0 bridgehead atoms. The summed E-state index contributed by atoms with van der Waals surface area (Å²) in [5, 5.41) is 38.1. The maximum absolute atomic E-state index is 13.7. The molecule has 3 heterocycles. The molecule has 11 rings (SSSR count). The number of anilines is 2. The Labute approximate surface area is 355 Å². The number of amides is 1. The van der Waals surface area contributed by atoms with Gasteiger partial charge in [0.2, 0.25) is 17.6 Å². The number of hydrogen-bond acceptors (Lipinski definition) is 12. The van der Waals surface area contributed by atoms with Crippen LogP contribution in [0.5, 0.6) is 5.75 Å². The van der Waals surface area contributed by atoms with Gasteiger partial charge < -0.3 is 14.8 Å². The number of fused-ring (bicyclic) bond motifs is 5. The van der Waals surface area contributed by atoms with Crippen molar-refractivity contribution in [2.24, 2.45) is 15.3 Å². The van der Waals surface area contributed by atoms with Crippen LogP contribution in [0, 0.1) is 0 Å². The summed E-state index contributed by atoms with van der Waals surface area (Å²) in [6.45, 7) is 0. The lowest BCUT2D eigenvalue weighted by molar-refractivity contribution is -0.116. The maximum atomic E-state index is 13.7. The lowest BCUT2D eigenvalue weighted by Crippen LogP contribution is -2.30. The Kier molecular flexibility index (Phi) is 8.68. The summed E-state index contributed by atoms with van der Waals surface area (Å²) in [4.78, 5) is 45.2. The summed E-state index contributed by atoms with van der Waals surface area (Å²) in [7, 11) is 0. The van der Waals surface area contributed by atoms with Gasteiger partial charge in [-0.05, 0) is 96.6 Å². The zero-order chi connectivity index (χ0) is 42.6. The number of nitrogens with zero attached hydrogens (tertiary/aromatic N) is 7. The summed E-state index contributed by atoms with van der Waals surface area (Å²) in [5.41, 5.74) is 9.18. The van der Waals surface area contributed by atoms with E-state index in [1.807, 2.05) is 48.5 Å². The largest absolute Gasteiger partial charge is 0.506 e. The zero-order valence-electron chi connectivity index (χ0n) is 32.7. The first-order chi connectivity index (χ1) is 30.9. The first kappa shape index (κ1) is 36.9. The van der Waals surface area contributed by atoms with Crippen molar-refractivity contribution in [1.29, 1.82) is 0 Å². The number of phenols is 1. The van der Waals surface area contributed by atoms with Crippen LogP contribution in [-0.2, 0) is 9.59 Å². The lowest BCUT2D eigenvalue weighted by Gasteiger charge is -2.17. The standard InChI is InChI=1S/C49H29N9O5/c59-40-26-36-41-34(13-8-14-35(41)49(62)58-39-16-7-6-15-38(39)51-45(36)58)42(40)54-52-31-21-17-27(18-22-31)47-56-57-48(63-47)28-19-23-32(24-20-28)53-55-43-33-12-5-4-9-29(33)25-37(44(43)60)46(61)50-30-10-2-1-3-11-30/h1-26,53,59H,(H,50,61)/b54-52?,55-43+. The Morgan fingerprint density at radius 2 is 1.38 bits per heavy atom. The molecule has 1 aliphatic carbocycles. The molecule has 0 fully saturated rings. The van der Waals surface area contributed by atoms with Crippen LogP contribution in [0.1, 0.15) is 11.1 Å². The molecule has 14 heteroatoms. The molecular weight excluding hydrogens is 795 g/mol. The third-order valence-corrected chi connectivity index (χ3v) is 10.8. The number of phenolic OH excluding ortho intramolecular Hbond substituents is 1. The highest BCUT2D eigenvalue weighted by Crippen LogP contribution is 2.42. The number of hydrogen-bond donors (Lipinski definition) is 3. The molecule has 14 nitrogen and oxygen atoms in total. The minimum absolute atomic E-state index is 0.0211. The molecule has 0 saturated heterocycles. The molecule has 3 N–H and O–H groups in total. The van der Waals surface area contributed by atoms with E-state index in [1.54, 1.807) is 114 Å². The number of carbonyl (C=O) groups is 2. The normalized spacial score (nSPS) is 13.4. The average Bonchev–Trinajstić information content (AvgIpc) is 3.97. The van der Waals surface area contributed by atoms with Gasteiger partial charge in [0.25, 0.3) is 11.5 Å². The Morgan fingerprint density at radius 3 is 2.17 bits per heavy atom. The van der Waals surface area contributed by atoms with Crippen molar-refractivity contribution >= 4 is 84.5 Å². The number of nitrogens with one attached hydrogen (secondary N) is 2. The van der Waals surface area contributed by atoms with Gasteiger partial charge in [-0.15, -0.1) is 15.3 Å². The predicted molar refractivity (Wildman–Crippen MR) is 241 cm³/mol. The van der Waals surface area contributed by atoms with Crippen LogP contribution in [0.25, 0.3) is 67.2 Å². The van der Waals surface area contributed by atoms with Crippen LogP contribution in [0.15, 0.2) is 182 Å². The van der Waals surface area contributed by atoms with Crippen molar-refractivity contribution in [2.45, 2.75) is 0 Å². The molecule has 63 heavy (non-hydrogen) atoms. The molecular formula is C49H29N9O5.